The van der Waals surface area contributed by atoms with E-state index in [1.54, 1.807) is 6.20 Å². The van der Waals surface area contributed by atoms with Crippen molar-refractivity contribution < 1.29 is 29.5 Å². The molecule has 0 aliphatic carbocycles. The monoisotopic (exact) mass is 406 g/mol. The topological polar surface area (TPSA) is 145 Å². The molecule has 2 aromatic rings. The second kappa shape index (κ2) is 8.62. The molecule has 3 rings (SSSR count). The predicted octanol–water partition coefficient (Wildman–Crippen LogP) is -0.234. The lowest BCUT2D eigenvalue weighted by Crippen LogP contribution is -2.44. The van der Waals surface area contributed by atoms with Gasteiger partial charge in [0.05, 0.1) is 17.6 Å². The van der Waals surface area contributed by atoms with Crippen molar-refractivity contribution in [3.05, 3.63) is 18.1 Å². The number of nitrogen functional groups attached to an aromatic ring is 1. The fourth-order valence-electron chi connectivity index (χ4n) is 3.34. The first kappa shape index (κ1) is 21.4. The van der Waals surface area contributed by atoms with Crippen LogP contribution in [0, 0.1) is 11.8 Å². The van der Waals surface area contributed by atoms with Crippen molar-refractivity contribution in [1.82, 2.24) is 14.5 Å². The van der Waals surface area contributed by atoms with Crippen LogP contribution in [0.25, 0.3) is 11.0 Å². The molecule has 5 N–H and O–H groups in total. The van der Waals surface area contributed by atoms with Gasteiger partial charge in [-0.1, -0.05) is 5.92 Å². The van der Waals surface area contributed by atoms with Crippen LogP contribution in [0.5, 0.6) is 0 Å². The molecule has 0 radical (unpaired) electrons. The standard InChI is InChI=1S/C19H26N4O6/c1-4-27-13(28-5-2)7-6-11-8-23(17-14(11)16(20)21-10-22-17)18-19(3,26)15(25)12(9-24)29-18/h8,10,12-13,15,18,24-26H,4-5,9H2,1-3H3,(H2,20,21,22)/t12?,15-,18?,19+/m1/s1. The first-order valence-corrected chi connectivity index (χ1v) is 9.37. The van der Waals surface area contributed by atoms with Crippen LogP contribution in [0.1, 0.15) is 32.6 Å². The number of aliphatic hydroxyl groups excluding tert-OH is 2. The average Bonchev–Trinajstić information content (AvgIpc) is 3.16. The lowest BCUT2D eigenvalue weighted by molar-refractivity contribution is -0.0970. The molecular formula is C19H26N4O6. The van der Waals surface area contributed by atoms with E-state index in [2.05, 4.69) is 21.8 Å². The van der Waals surface area contributed by atoms with E-state index in [4.69, 9.17) is 19.9 Å². The molecular weight excluding hydrogens is 380 g/mol. The zero-order chi connectivity index (χ0) is 21.2. The van der Waals surface area contributed by atoms with Crippen LogP contribution in [0.3, 0.4) is 0 Å². The van der Waals surface area contributed by atoms with E-state index < -0.39 is 36.9 Å². The summed E-state index contributed by atoms with van der Waals surface area (Å²) < 4.78 is 18.1. The zero-order valence-electron chi connectivity index (χ0n) is 16.6. The highest BCUT2D eigenvalue weighted by atomic mass is 16.7. The van der Waals surface area contributed by atoms with Gasteiger partial charge in [-0.15, -0.1) is 0 Å². The molecule has 0 amide bonds. The number of hydrogen-bond donors (Lipinski definition) is 4. The van der Waals surface area contributed by atoms with Crippen molar-refractivity contribution in [2.45, 2.75) is 51.1 Å². The van der Waals surface area contributed by atoms with Crippen molar-refractivity contribution in [3.63, 3.8) is 0 Å². The third-order valence-corrected chi connectivity index (χ3v) is 4.79. The number of ether oxygens (including phenoxy) is 3. The molecule has 1 fully saturated rings. The average molecular weight is 406 g/mol. The molecule has 158 valence electrons. The van der Waals surface area contributed by atoms with E-state index in [1.807, 2.05) is 13.8 Å². The third kappa shape index (κ3) is 3.93. The Kier molecular flexibility index (Phi) is 6.38. The highest BCUT2D eigenvalue weighted by Crippen LogP contribution is 2.40. The summed E-state index contributed by atoms with van der Waals surface area (Å²) in [5, 5.41) is 31.0. The largest absolute Gasteiger partial charge is 0.394 e. The third-order valence-electron chi connectivity index (χ3n) is 4.79. The molecule has 0 bridgehead atoms. The summed E-state index contributed by atoms with van der Waals surface area (Å²) >= 11 is 0. The number of nitrogens with two attached hydrogens (primary N) is 1. The summed E-state index contributed by atoms with van der Waals surface area (Å²) in [4.78, 5) is 8.28. The minimum Gasteiger partial charge on any atom is -0.394 e. The van der Waals surface area contributed by atoms with E-state index in [1.165, 1.54) is 17.8 Å². The Bertz CT molecular complexity index is 913. The Balaban J connectivity index is 2.09. The maximum absolute atomic E-state index is 10.8. The van der Waals surface area contributed by atoms with Crippen LogP contribution in [0.2, 0.25) is 0 Å². The fourth-order valence-corrected chi connectivity index (χ4v) is 3.34. The molecule has 3 heterocycles. The molecule has 1 aliphatic rings. The number of fused-ring (bicyclic) bond motifs is 1. The second-order valence-corrected chi connectivity index (χ2v) is 6.80. The molecule has 2 unspecified atom stereocenters. The first-order valence-electron chi connectivity index (χ1n) is 9.37. The van der Waals surface area contributed by atoms with Crippen LogP contribution >= 0.6 is 0 Å². The number of nitrogens with zero attached hydrogens (tertiary/aromatic N) is 3. The van der Waals surface area contributed by atoms with Gasteiger partial charge < -0.3 is 39.8 Å². The Morgan fingerprint density at radius 3 is 2.62 bits per heavy atom. The van der Waals surface area contributed by atoms with Crippen molar-refractivity contribution >= 4 is 16.9 Å². The quantitative estimate of drug-likeness (QED) is 0.377. The maximum atomic E-state index is 10.8. The SMILES string of the molecule is CCOC(C#Cc1cn(C2OC(CO)[C@@H](O)[C@]2(C)O)c2ncnc(N)c12)OCC. The Labute approximate surface area is 168 Å². The van der Waals surface area contributed by atoms with Gasteiger partial charge in [-0.05, 0) is 26.7 Å². The van der Waals surface area contributed by atoms with Crippen LogP contribution in [-0.4, -0.2) is 73.8 Å². The predicted molar refractivity (Wildman–Crippen MR) is 103 cm³/mol. The molecule has 1 aliphatic heterocycles. The van der Waals surface area contributed by atoms with E-state index >= 15 is 0 Å². The summed E-state index contributed by atoms with van der Waals surface area (Å²) in [6.07, 6.45) is -1.05. The Hall–Kier alpha value is -2.26. The van der Waals surface area contributed by atoms with Crippen LogP contribution in [0.4, 0.5) is 5.82 Å². The molecule has 1 saturated heterocycles. The number of aromatic nitrogens is 3. The molecule has 4 atom stereocenters. The number of aliphatic hydroxyl groups is 3. The second-order valence-electron chi connectivity index (χ2n) is 6.80. The van der Waals surface area contributed by atoms with Crippen molar-refractivity contribution in [3.8, 4) is 11.8 Å². The van der Waals surface area contributed by atoms with Crippen molar-refractivity contribution in [2.24, 2.45) is 0 Å². The Morgan fingerprint density at radius 2 is 2.03 bits per heavy atom. The minimum absolute atomic E-state index is 0.208. The normalized spacial score (nSPS) is 26.8. The number of anilines is 1. The van der Waals surface area contributed by atoms with Crippen LogP contribution in [-0.2, 0) is 14.2 Å². The molecule has 0 aromatic carbocycles. The summed E-state index contributed by atoms with van der Waals surface area (Å²) in [5.41, 5.74) is 5.24. The Morgan fingerprint density at radius 1 is 1.34 bits per heavy atom. The molecule has 10 heteroatoms. The maximum Gasteiger partial charge on any atom is 0.222 e. The summed E-state index contributed by atoms with van der Waals surface area (Å²) in [6.45, 7) is 5.54. The van der Waals surface area contributed by atoms with Gasteiger partial charge in [0.2, 0.25) is 6.29 Å². The molecule has 0 saturated carbocycles. The van der Waals surface area contributed by atoms with Gasteiger partial charge in [-0.25, -0.2) is 9.97 Å². The van der Waals surface area contributed by atoms with Crippen molar-refractivity contribution in [2.75, 3.05) is 25.6 Å². The highest BCUT2D eigenvalue weighted by molar-refractivity contribution is 5.92. The lowest BCUT2D eigenvalue weighted by atomic mass is 9.96. The number of rotatable bonds is 6. The summed E-state index contributed by atoms with van der Waals surface area (Å²) in [7, 11) is 0. The van der Waals surface area contributed by atoms with Gasteiger partial charge in [-0.2, -0.15) is 0 Å². The van der Waals surface area contributed by atoms with Gasteiger partial charge >= 0.3 is 0 Å². The van der Waals surface area contributed by atoms with E-state index in [-0.39, 0.29) is 5.82 Å². The van der Waals surface area contributed by atoms with Gasteiger partial charge in [0, 0.05) is 19.4 Å². The highest BCUT2D eigenvalue weighted by Gasteiger charge is 2.53. The minimum atomic E-state index is -1.68. The van der Waals surface area contributed by atoms with Crippen molar-refractivity contribution in [1.29, 1.82) is 0 Å². The summed E-state index contributed by atoms with van der Waals surface area (Å²) in [5.74, 6) is 6.08. The first-order chi connectivity index (χ1) is 13.8. The van der Waals surface area contributed by atoms with Crippen LogP contribution < -0.4 is 5.73 Å². The molecule has 29 heavy (non-hydrogen) atoms. The lowest BCUT2D eigenvalue weighted by Gasteiger charge is -2.27. The van der Waals surface area contributed by atoms with Gasteiger partial charge in [0.1, 0.15) is 35.6 Å². The molecule has 0 spiro atoms. The van der Waals surface area contributed by atoms with Gasteiger partial charge in [0.25, 0.3) is 0 Å². The van der Waals surface area contributed by atoms with E-state index in [0.717, 1.165) is 0 Å². The molecule has 2 aromatic heterocycles. The fraction of sp³-hybridized carbons (Fsp3) is 0.579. The van der Waals surface area contributed by atoms with E-state index in [9.17, 15) is 15.3 Å². The van der Waals surface area contributed by atoms with Crippen LogP contribution in [0.15, 0.2) is 12.5 Å². The van der Waals surface area contributed by atoms with E-state index in [0.29, 0.717) is 29.8 Å². The smallest absolute Gasteiger partial charge is 0.222 e. The molecule has 10 nitrogen and oxygen atoms in total. The zero-order valence-corrected chi connectivity index (χ0v) is 16.6. The number of hydrogen-bond acceptors (Lipinski definition) is 9. The summed E-state index contributed by atoms with van der Waals surface area (Å²) in [6, 6.07) is 0. The van der Waals surface area contributed by atoms with Gasteiger partial charge in [0.15, 0.2) is 6.23 Å². The van der Waals surface area contributed by atoms with Gasteiger partial charge in [-0.3, -0.25) is 0 Å².